The number of rotatable bonds is 2. The van der Waals surface area contributed by atoms with E-state index in [2.05, 4.69) is 32.6 Å². The molecule has 0 radical (unpaired) electrons. The molecule has 15 heavy (non-hydrogen) atoms. The van der Waals surface area contributed by atoms with E-state index in [4.69, 9.17) is 0 Å². The largest absolute Gasteiger partial charge is 0.372 e. The lowest BCUT2D eigenvalue weighted by Crippen LogP contribution is -2.36. The molecule has 1 saturated heterocycles. The summed E-state index contributed by atoms with van der Waals surface area (Å²) in [7, 11) is 0. The van der Waals surface area contributed by atoms with Crippen molar-refractivity contribution in [3.63, 3.8) is 0 Å². The van der Waals surface area contributed by atoms with Crippen molar-refractivity contribution in [2.75, 3.05) is 6.54 Å². The van der Waals surface area contributed by atoms with Gasteiger partial charge in [0.2, 0.25) is 0 Å². The minimum absolute atomic E-state index is 0.711. The van der Waals surface area contributed by atoms with Crippen LogP contribution in [0, 0.1) is 11.8 Å². The lowest BCUT2D eigenvalue weighted by Gasteiger charge is -2.39. The number of nitrogens with zero attached hydrogens (tertiary/aromatic N) is 1. The van der Waals surface area contributed by atoms with Crippen LogP contribution in [0.25, 0.3) is 0 Å². The Morgan fingerprint density at radius 1 is 1.07 bits per heavy atom. The van der Waals surface area contributed by atoms with Gasteiger partial charge in [0.1, 0.15) is 0 Å². The van der Waals surface area contributed by atoms with Crippen molar-refractivity contribution in [2.24, 2.45) is 11.8 Å². The van der Waals surface area contributed by atoms with Gasteiger partial charge in [-0.3, -0.25) is 0 Å². The summed E-state index contributed by atoms with van der Waals surface area (Å²) in [6, 6.07) is 0.880. The molecule has 86 valence electrons. The molecule has 1 nitrogen and oxygen atoms in total. The molecule has 2 aliphatic rings. The van der Waals surface area contributed by atoms with Crippen LogP contribution in [-0.4, -0.2) is 17.5 Å². The van der Waals surface area contributed by atoms with Crippen LogP contribution in [0.5, 0.6) is 0 Å². The SMILES string of the molecule is CC(C)C1=C(C(C)C)N2CCCC2CC1. The number of fused-ring (bicyclic) bond motifs is 1. The quantitative estimate of drug-likeness (QED) is 0.665. The summed E-state index contributed by atoms with van der Waals surface area (Å²) in [5, 5.41) is 0. The van der Waals surface area contributed by atoms with Gasteiger partial charge in [-0.2, -0.15) is 0 Å². The molecule has 2 heterocycles. The third-order valence-electron chi connectivity index (χ3n) is 4.01. The summed E-state index contributed by atoms with van der Waals surface area (Å²) in [5.41, 5.74) is 3.43. The van der Waals surface area contributed by atoms with Crippen LogP contribution >= 0.6 is 0 Å². The summed E-state index contributed by atoms with van der Waals surface area (Å²) in [5.74, 6) is 1.45. The van der Waals surface area contributed by atoms with E-state index in [-0.39, 0.29) is 0 Å². The zero-order chi connectivity index (χ0) is 11.0. The number of allylic oxidation sites excluding steroid dienone is 2. The highest BCUT2D eigenvalue weighted by molar-refractivity contribution is 5.22. The van der Waals surface area contributed by atoms with Gasteiger partial charge in [-0.15, -0.1) is 0 Å². The topological polar surface area (TPSA) is 3.24 Å². The van der Waals surface area contributed by atoms with Crippen molar-refractivity contribution in [3.05, 3.63) is 11.3 Å². The summed E-state index contributed by atoms with van der Waals surface area (Å²) in [4.78, 5) is 2.73. The first kappa shape index (κ1) is 11.0. The van der Waals surface area contributed by atoms with Crippen LogP contribution in [-0.2, 0) is 0 Å². The van der Waals surface area contributed by atoms with Crippen molar-refractivity contribution in [1.29, 1.82) is 0 Å². The molecule has 0 aromatic heterocycles. The fourth-order valence-electron chi connectivity index (χ4n) is 3.37. The molecule has 1 heteroatoms. The minimum atomic E-state index is 0.711. The molecule has 0 saturated carbocycles. The van der Waals surface area contributed by atoms with E-state index in [1.807, 2.05) is 0 Å². The van der Waals surface area contributed by atoms with Crippen molar-refractivity contribution in [1.82, 2.24) is 4.90 Å². The van der Waals surface area contributed by atoms with E-state index in [1.54, 1.807) is 11.3 Å². The molecule has 0 bridgehead atoms. The Kier molecular flexibility index (Phi) is 3.08. The lowest BCUT2D eigenvalue weighted by molar-refractivity contribution is 0.247. The molecule has 0 N–H and O–H groups in total. The average Bonchev–Trinajstić information content (AvgIpc) is 2.62. The molecule has 0 aromatic rings. The van der Waals surface area contributed by atoms with Gasteiger partial charge in [-0.1, -0.05) is 27.7 Å². The zero-order valence-corrected chi connectivity index (χ0v) is 10.7. The molecule has 0 amide bonds. The molecule has 0 spiro atoms. The molecule has 2 rings (SSSR count). The minimum Gasteiger partial charge on any atom is -0.372 e. The van der Waals surface area contributed by atoms with Gasteiger partial charge in [0, 0.05) is 18.3 Å². The fourth-order valence-corrected chi connectivity index (χ4v) is 3.37. The van der Waals surface area contributed by atoms with Gasteiger partial charge in [0.15, 0.2) is 0 Å². The molecule has 1 unspecified atom stereocenters. The van der Waals surface area contributed by atoms with E-state index in [9.17, 15) is 0 Å². The van der Waals surface area contributed by atoms with Gasteiger partial charge < -0.3 is 4.90 Å². The van der Waals surface area contributed by atoms with Gasteiger partial charge >= 0.3 is 0 Å². The number of hydrogen-bond donors (Lipinski definition) is 0. The van der Waals surface area contributed by atoms with E-state index < -0.39 is 0 Å². The molecule has 2 aliphatic heterocycles. The molecule has 1 atom stereocenters. The number of hydrogen-bond acceptors (Lipinski definition) is 1. The first-order valence-corrected chi connectivity index (χ1v) is 6.60. The Labute approximate surface area is 94.5 Å². The maximum Gasteiger partial charge on any atom is 0.0290 e. The maximum atomic E-state index is 2.73. The van der Waals surface area contributed by atoms with E-state index in [0.717, 1.165) is 12.0 Å². The van der Waals surface area contributed by atoms with Crippen LogP contribution in [0.1, 0.15) is 53.4 Å². The monoisotopic (exact) mass is 207 g/mol. The Hall–Kier alpha value is -0.460. The lowest BCUT2D eigenvalue weighted by atomic mass is 9.86. The highest BCUT2D eigenvalue weighted by atomic mass is 15.2. The first-order valence-electron chi connectivity index (χ1n) is 6.60. The van der Waals surface area contributed by atoms with Crippen LogP contribution < -0.4 is 0 Å². The standard InChI is InChI=1S/C14H25N/c1-10(2)13-8-7-12-6-5-9-15(12)14(13)11(3)4/h10-12H,5-9H2,1-4H3. The molecular formula is C14H25N. The van der Waals surface area contributed by atoms with E-state index in [1.165, 1.54) is 32.2 Å². The predicted octanol–water partition coefficient (Wildman–Crippen LogP) is 3.81. The van der Waals surface area contributed by atoms with Gasteiger partial charge in [-0.25, -0.2) is 0 Å². The molecule has 0 aromatic carbocycles. The van der Waals surface area contributed by atoms with Crippen molar-refractivity contribution in [3.8, 4) is 0 Å². The van der Waals surface area contributed by atoms with Crippen LogP contribution in [0.2, 0.25) is 0 Å². The highest BCUT2D eigenvalue weighted by Gasteiger charge is 2.33. The Morgan fingerprint density at radius 2 is 1.80 bits per heavy atom. The zero-order valence-electron chi connectivity index (χ0n) is 10.7. The second-order valence-corrected chi connectivity index (χ2v) is 5.75. The second kappa shape index (κ2) is 4.19. The summed E-state index contributed by atoms with van der Waals surface area (Å²) in [6.45, 7) is 10.7. The van der Waals surface area contributed by atoms with Gasteiger partial charge in [0.25, 0.3) is 0 Å². The predicted molar refractivity (Wildman–Crippen MR) is 65.7 cm³/mol. The normalized spacial score (nSPS) is 26.8. The highest BCUT2D eigenvalue weighted by Crippen LogP contribution is 2.39. The molecular weight excluding hydrogens is 182 g/mol. The van der Waals surface area contributed by atoms with E-state index in [0.29, 0.717) is 5.92 Å². The smallest absolute Gasteiger partial charge is 0.0290 e. The van der Waals surface area contributed by atoms with Crippen molar-refractivity contribution < 1.29 is 0 Å². The second-order valence-electron chi connectivity index (χ2n) is 5.75. The summed E-state index contributed by atoms with van der Waals surface area (Å²) < 4.78 is 0. The van der Waals surface area contributed by atoms with Crippen molar-refractivity contribution >= 4 is 0 Å². The Morgan fingerprint density at radius 3 is 2.40 bits per heavy atom. The van der Waals surface area contributed by atoms with E-state index >= 15 is 0 Å². The Balaban J connectivity index is 2.33. The summed E-state index contributed by atoms with van der Waals surface area (Å²) >= 11 is 0. The van der Waals surface area contributed by atoms with Crippen LogP contribution in [0.4, 0.5) is 0 Å². The third kappa shape index (κ3) is 1.93. The molecule has 1 fully saturated rings. The van der Waals surface area contributed by atoms with Gasteiger partial charge in [-0.05, 0) is 43.1 Å². The van der Waals surface area contributed by atoms with Crippen LogP contribution in [0.15, 0.2) is 11.3 Å². The summed E-state index contributed by atoms with van der Waals surface area (Å²) in [6.07, 6.45) is 5.60. The Bertz CT molecular complexity index is 263. The van der Waals surface area contributed by atoms with Gasteiger partial charge in [0.05, 0.1) is 0 Å². The molecule has 0 aliphatic carbocycles. The maximum absolute atomic E-state index is 2.73. The average molecular weight is 207 g/mol. The van der Waals surface area contributed by atoms with Crippen molar-refractivity contribution in [2.45, 2.75) is 59.4 Å². The first-order chi connectivity index (χ1) is 7.11. The fraction of sp³-hybridized carbons (Fsp3) is 0.857. The van der Waals surface area contributed by atoms with Crippen LogP contribution in [0.3, 0.4) is 0 Å². The third-order valence-corrected chi connectivity index (χ3v) is 4.01.